The molecule has 1 fully saturated rings. The Morgan fingerprint density at radius 2 is 2.06 bits per heavy atom. The normalized spacial score (nSPS) is 17.9. The van der Waals surface area contributed by atoms with Gasteiger partial charge in [0.15, 0.2) is 0 Å². The summed E-state index contributed by atoms with van der Waals surface area (Å²) in [4.78, 5) is 35.6. The number of nitrogens with one attached hydrogen (secondary N) is 1. The van der Waals surface area contributed by atoms with Crippen molar-refractivity contribution in [3.63, 3.8) is 0 Å². The van der Waals surface area contributed by atoms with Crippen molar-refractivity contribution in [1.82, 2.24) is 10.2 Å². The van der Waals surface area contributed by atoms with Gasteiger partial charge in [0.2, 0.25) is 0 Å². The molecule has 1 rings (SSSR count). The van der Waals surface area contributed by atoms with E-state index in [4.69, 9.17) is 4.74 Å². The van der Waals surface area contributed by atoms with Crippen LogP contribution < -0.4 is 5.32 Å². The third kappa shape index (κ3) is 2.64. The number of ether oxygens (including phenoxy) is 1. The highest BCUT2D eigenvalue weighted by atomic mass is 16.5. The van der Waals surface area contributed by atoms with E-state index < -0.39 is 17.5 Å². The van der Waals surface area contributed by atoms with Gasteiger partial charge in [-0.1, -0.05) is 6.58 Å². The quantitative estimate of drug-likeness (QED) is 0.439. The van der Waals surface area contributed by atoms with Crippen LogP contribution in [-0.2, 0) is 14.3 Å². The Labute approximate surface area is 99.6 Å². The molecule has 0 spiro atoms. The molecule has 0 aliphatic carbocycles. The molecule has 0 aromatic carbocycles. The Kier molecular flexibility index (Phi) is 3.55. The molecule has 1 N–H and O–H groups in total. The topological polar surface area (TPSA) is 75.7 Å². The van der Waals surface area contributed by atoms with Crippen LogP contribution in [0, 0.1) is 0 Å². The number of amides is 3. The molecule has 1 aliphatic heterocycles. The summed E-state index contributed by atoms with van der Waals surface area (Å²) in [5, 5.41) is 2.51. The van der Waals surface area contributed by atoms with Crippen molar-refractivity contribution in [3.05, 3.63) is 12.2 Å². The van der Waals surface area contributed by atoms with E-state index in [9.17, 15) is 14.4 Å². The molecule has 0 bridgehead atoms. The van der Waals surface area contributed by atoms with Crippen molar-refractivity contribution in [2.24, 2.45) is 0 Å². The zero-order chi connectivity index (χ0) is 13.2. The van der Waals surface area contributed by atoms with Crippen LogP contribution >= 0.6 is 0 Å². The number of hydrogen-bond acceptors (Lipinski definition) is 4. The van der Waals surface area contributed by atoms with Crippen LogP contribution in [0.4, 0.5) is 4.79 Å². The van der Waals surface area contributed by atoms with E-state index in [2.05, 4.69) is 11.9 Å². The molecule has 3 amide bonds. The van der Waals surface area contributed by atoms with Gasteiger partial charge >= 0.3 is 12.0 Å². The fourth-order valence-electron chi connectivity index (χ4n) is 1.45. The van der Waals surface area contributed by atoms with E-state index in [0.29, 0.717) is 0 Å². The van der Waals surface area contributed by atoms with Crippen molar-refractivity contribution >= 4 is 17.9 Å². The summed E-state index contributed by atoms with van der Waals surface area (Å²) in [6, 6.07) is -0.523. The van der Waals surface area contributed by atoms with Crippen LogP contribution in [0.25, 0.3) is 0 Å². The maximum atomic E-state index is 11.8. The first-order valence-corrected chi connectivity index (χ1v) is 5.28. The predicted molar refractivity (Wildman–Crippen MR) is 60.1 cm³/mol. The predicted octanol–water partition coefficient (Wildman–Crippen LogP) is 0.436. The Hall–Kier alpha value is -1.85. The summed E-state index contributed by atoms with van der Waals surface area (Å²) < 4.78 is 4.73. The molecule has 6 heteroatoms. The zero-order valence-corrected chi connectivity index (χ0v) is 10.2. The third-order valence-electron chi connectivity index (χ3n) is 2.36. The van der Waals surface area contributed by atoms with Crippen LogP contribution in [0.2, 0.25) is 0 Å². The van der Waals surface area contributed by atoms with E-state index in [1.807, 2.05) is 0 Å². The van der Waals surface area contributed by atoms with Crippen molar-refractivity contribution in [2.75, 3.05) is 13.2 Å². The smallest absolute Gasteiger partial charge is 0.335 e. The number of urea groups is 1. The maximum Gasteiger partial charge on any atom is 0.335 e. The largest absolute Gasteiger partial charge is 0.463 e. The van der Waals surface area contributed by atoms with Crippen molar-refractivity contribution in [3.8, 4) is 0 Å². The number of carbonyl (C=O) groups is 3. The Morgan fingerprint density at radius 3 is 2.47 bits per heavy atom. The second-order valence-corrected chi connectivity index (χ2v) is 4.27. The van der Waals surface area contributed by atoms with E-state index in [1.165, 1.54) is 0 Å². The third-order valence-corrected chi connectivity index (χ3v) is 2.36. The molecule has 94 valence electrons. The van der Waals surface area contributed by atoms with Gasteiger partial charge in [-0.3, -0.25) is 9.69 Å². The van der Waals surface area contributed by atoms with Gasteiger partial charge in [0.05, 0.1) is 13.2 Å². The van der Waals surface area contributed by atoms with Crippen LogP contribution in [0.3, 0.4) is 0 Å². The molecule has 0 aromatic rings. The average Bonchev–Trinajstić information content (AvgIpc) is 2.41. The second kappa shape index (κ2) is 4.57. The number of carbonyl (C=O) groups excluding carboxylic acids is 3. The minimum Gasteiger partial charge on any atom is -0.463 e. The van der Waals surface area contributed by atoms with Gasteiger partial charge in [-0.15, -0.1) is 0 Å². The summed E-state index contributed by atoms with van der Waals surface area (Å²) in [5.41, 5.74) is -0.862. The molecule has 6 nitrogen and oxygen atoms in total. The summed E-state index contributed by atoms with van der Waals surface area (Å²) >= 11 is 0. The number of nitrogens with zero attached hydrogens (tertiary/aromatic N) is 1. The van der Waals surface area contributed by atoms with Gasteiger partial charge in [0.25, 0.3) is 5.91 Å². The number of imide groups is 1. The molecule has 17 heavy (non-hydrogen) atoms. The zero-order valence-electron chi connectivity index (χ0n) is 10.2. The lowest BCUT2D eigenvalue weighted by atomic mass is 10.1. The summed E-state index contributed by atoms with van der Waals surface area (Å²) in [7, 11) is 0. The highest BCUT2D eigenvalue weighted by Crippen LogP contribution is 2.17. The SMILES string of the molecule is C=C(CN1C(=O)NC(C)(C)C1=O)C(=O)OCC. The molecule has 0 unspecified atom stereocenters. The number of hydrogen-bond donors (Lipinski definition) is 1. The van der Waals surface area contributed by atoms with Gasteiger partial charge in [-0.25, -0.2) is 9.59 Å². The maximum absolute atomic E-state index is 11.8. The summed E-state index contributed by atoms with van der Waals surface area (Å²) in [6.45, 7) is 8.45. The van der Waals surface area contributed by atoms with Gasteiger partial charge in [-0.05, 0) is 20.8 Å². The molecule has 1 saturated heterocycles. The number of esters is 1. The van der Waals surface area contributed by atoms with Gasteiger partial charge in [0.1, 0.15) is 5.54 Å². The molecule has 1 aliphatic rings. The second-order valence-electron chi connectivity index (χ2n) is 4.27. The van der Waals surface area contributed by atoms with Crippen molar-refractivity contribution < 1.29 is 19.1 Å². The molecular weight excluding hydrogens is 224 g/mol. The molecule has 0 saturated carbocycles. The molecule has 0 atom stereocenters. The lowest BCUT2D eigenvalue weighted by Crippen LogP contribution is -2.40. The highest BCUT2D eigenvalue weighted by Gasteiger charge is 2.44. The van der Waals surface area contributed by atoms with E-state index >= 15 is 0 Å². The fraction of sp³-hybridized carbons (Fsp3) is 0.545. The van der Waals surface area contributed by atoms with Gasteiger partial charge in [-0.2, -0.15) is 0 Å². The van der Waals surface area contributed by atoms with Crippen LogP contribution in [0.5, 0.6) is 0 Å². The van der Waals surface area contributed by atoms with Crippen molar-refractivity contribution in [2.45, 2.75) is 26.3 Å². The van der Waals surface area contributed by atoms with Crippen LogP contribution in [0.15, 0.2) is 12.2 Å². The van der Waals surface area contributed by atoms with Gasteiger partial charge < -0.3 is 10.1 Å². The van der Waals surface area contributed by atoms with Gasteiger partial charge in [0, 0.05) is 5.57 Å². The molecular formula is C11H16N2O4. The van der Waals surface area contributed by atoms with E-state index in [1.54, 1.807) is 20.8 Å². The minimum atomic E-state index is -0.938. The lowest BCUT2D eigenvalue weighted by molar-refractivity contribution is -0.138. The summed E-state index contributed by atoms with van der Waals surface area (Å²) in [5.74, 6) is -0.981. The lowest BCUT2D eigenvalue weighted by Gasteiger charge is -2.16. The molecule has 1 heterocycles. The first-order chi connectivity index (χ1) is 7.79. The first kappa shape index (κ1) is 13.2. The Morgan fingerprint density at radius 1 is 1.47 bits per heavy atom. The van der Waals surface area contributed by atoms with E-state index in [-0.39, 0.29) is 24.6 Å². The highest BCUT2D eigenvalue weighted by molar-refractivity contribution is 6.07. The molecule has 0 radical (unpaired) electrons. The average molecular weight is 240 g/mol. The fourth-order valence-corrected chi connectivity index (χ4v) is 1.45. The monoisotopic (exact) mass is 240 g/mol. The van der Waals surface area contributed by atoms with Crippen LogP contribution in [0.1, 0.15) is 20.8 Å². The minimum absolute atomic E-state index is 0.0769. The first-order valence-electron chi connectivity index (χ1n) is 5.28. The Balaban J connectivity index is 2.70. The standard InChI is InChI=1S/C11H16N2O4/c1-5-17-8(14)7(2)6-13-9(15)11(3,4)12-10(13)16/h2,5-6H2,1,3-4H3,(H,12,16). The molecule has 0 aromatic heterocycles. The van der Waals surface area contributed by atoms with Crippen LogP contribution in [-0.4, -0.2) is 41.5 Å². The van der Waals surface area contributed by atoms with E-state index in [0.717, 1.165) is 4.90 Å². The Bertz CT molecular complexity index is 387. The summed E-state index contributed by atoms with van der Waals surface area (Å²) in [6.07, 6.45) is 0. The van der Waals surface area contributed by atoms with Crippen molar-refractivity contribution in [1.29, 1.82) is 0 Å². The number of rotatable bonds is 4.